The highest BCUT2D eigenvalue weighted by molar-refractivity contribution is 5.95. The second-order valence-corrected chi connectivity index (χ2v) is 6.83. The first-order valence-electron chi connectivity index (χ1n) is 9.35. The van der Waals surface area contributed by atoms with E-state index >= 15 is 0 Å². The number of nitrogens with zero attached hydrogens (tertiary/aromatic N) is 3. The van der Waals surface area contributed by atoms with Crippen molar-refractivity contribution in [1.82, 2.24) is 4.98 Å². The Morgan fingerprint density at radius 2 is 1.74 bits per heavy atom. The van der Waals surface area contributed by atoms with Crippen molar-refractivity contribution >= 4 is 33.9 Å². The first-order chi connectivity index (χ1) is 15.0. The molecule has 8 heteroatoms. The highest BCUT2D eigenvalue weighted by atomic mass is 16.6. The van der Waals surface area contributed by atoms with Crippen molar-refractivity contribution < 1.29 is 19.9 Å². The van der Waals surface area contributed by atoms with E-state index < -0.39 is 10.9 Å². The number of carbonyl (C=O) groups is 1. The van der Waals surface area contributed by atoms with Gasteiger partial charge in [-0.3, -0.25) is 15.1 Å². The van der Waals surface area contributed by atoms with Crippen LogP contribution in [0.4, 0.5) is 17.1 Å². The second kappa shape index (κ2) is 8.11. The van der Waals surface area contributed by atoms with Gasteiger partial charge in [0, 0.05) is 35.0 Å². The van der Waals surface area contributed by atoms with Crippen molar-refractivity contribution in [3.8, 4) is 5.75 Å². The number of para-hydroxylation sites is 1. The van der Waals surface area contributed by atoms with Gasteiger partial charge in [0.25, 0.3) is 5.69 Å². The van der Waals surface area contributed by atoms with Crippen molar-refractivity contribution in [2.24, 2.45) is 0 Å². The van der Waals surface area contributed by atoms with Crippen molar-refractivity contribution in [2.75, 3.05) is 4.90 Å². The number of carboxylic acid groups (broad SMARTS) is 1. The number of carboxylic acids is 1. The third-order valence-electron chi connectivity index (χ3n) is 4.96. The topological polar surface area (TPSA) is 117 Å². The quantitative estimate of drug-likeness (QED) is 0.340. The number of anilines is 2. The van der Waals surface area contributed by atoms with Gasteiger partial charge in [-0.05, 0) is 30.3 Å². The maximum atomic E-state index is 11.8. The Labute approximate surface area is 176 Å². The number of pyridine rings is 1. The number of nitro benzene ring substituents is 1. The number of non-ortho nitro benzene ring substituents is 1. The molecule has 0 saturated heterocycles. The van der Waals surface area contributed by atoms with Crippen LogP contribution >= 0.6 is 0 Å². The summed E-state index contributed by atoms with van der Waals surface area (Å²) in [5.74, 6) is -1.11. The summed E-state index contributed by atoms with van der Waals surface area (Å²) in [6, 6.07) is 19.5. The Kier molecular flexibility index (Phi) is 5.19. The number of aromatic hydroxyl groups is 1. The second-order valence-electron chi connectivity index (χ2n) is 6.83. The lowest BCUT2D eigenvalue weighted by molar-refractivity contribution is -0.384. The van der Waals surface area contributed by atoms with Gasteiger partial charge >= 0.3 is 5.97 Å². The third kappa shape index (κ3) is 3.86. The van der Waals surface area contributed by atoms with Gasteiger partial charge in [0.15, 0.2) is 0 Å². The van der Waals surface area contributed by atoms with Crippen LogP contribution in [0, 0.1) is 10.1 Å². The van der Waals surface area contributed by atoms with Crippen molar-refractivity contribution in [3.63, 3.8) is 0 Å². The Hall–Kier alpha value is -4.46. The monoisotopic (exact) mass is 415 g/mol. The molecule has 0 aliphatic rings. The van der Waals surface area contributed by atoms with Crippen LogP contribution in [0.5, 0.6) is 5.75 Å². The number of hydrogen-bond donors (Lipinski definition) is 2. The number of phenolic OH excluding ortho intramolecular Hbond substituents is 1. The molecule has 0 radical (unpaired) electrons. The minimum absolute atomic E-state index is 0.00202. The molecule has 0 bridgehead atoms. The fraction of sp³-hybridized carbons (Fsp3) is 0.0435. The molecule has 8 nitrogen and oxygen atoms in total. The Morgan fingerprint density at radius 1 is 1.00 bits per heavy atom. The lowest BCUT2D eigenvalue weighted by Gasteiger charge is -2.27. The van der Waals surface area contributed by atoms with E-state index in [9.17, 15) is 25.1 Å². The Bertz CT molecular complexity index is 1290. The molecule has 0 saturated carbocycles. The first kappa shape index (κ1) is 19.8. The standard InChI is InChI=1S/C23H17N3O5/c27-22-16(8-7-15-4-3-13-24-21(15)22)14-25(17-9-11-18(12-10-17)26(30)31)20-6-2-1-5-19(20)23(28)29/h1-13,27H,14H2,(H,28,29). The number of nitro groups is 1. The highest BCUT2D eigenvalue weighted by Crippen LogP contribution is 2.35. The van der Waals surface area contributed by atoms with Crippen molar-refractivity contribution in [2.45, 2.75) is 6.54 Å². The van der Waals surface area contributed by atoms with Crippen LogP contribution in [0.1, 0.15) is 15.9 Å². The Balaban J connectivity index is 1.84. The lowest BCUT2D eigenvalue weighted by Crippen LogP contribution is -2.19. The third-order valence-corrected chi connectivity index (χ3v) is 4.96. The van der Waals surface area contributed by atoms with Gasteiger partial charge in [0.05, 0.1) is 22.7 Å². The SMILES string of the molecule is O=C(O)c1ccccc1N(Cc1ccc2cccnc2c1O)c1ccc([N+](=O)[O-])cc1. The molecule has 4 aromatic rings. The maximum absolute atomic E-state index is 11.8. The minimum Gasteiger partial charge on any atom is -0.505 e. The summed E-state index contributed by atoms with van der Waals surface area (Å²) in [6.45, 7) is 0.125. The molecule has 0 atom stereocenters. The lowest BCUT2D eigenvalue weighted by atomic mass is 10.1. The van der Waals surface area contributed by atoms with E-state index in [1.807, 2.05) is 12.1 Å². The van der Waals surface area contributed by atoms with Crippen LogP contribution < -0.4 is 4.90 Å². The minimum atomic E-state index is -1.10. The van der Waals surface area contributed by atoms with Gasteiger partial charge in [-0.25, -0.2) is 4.79 Å². The zero-order valence-electron chi connectivity index (χ0n) is 16.2. The van der Waals surface area contributed by atoms with E-state index in [0.29, 0.717) is 22.5 Å². The largest absolute Gasteiger partial charge is 0.505 e. The molecule has 0 aliphatic heterocycles. The summed E-state index contributed by atoms with van der Waals surface area (Å²) in [5, 5.41) is 32.3. The molecule has 0 spiro atoms. The molecule has 0 aliphatic carbocycles. The summed E-state index contributed by atoms with van der Waals surface area (Å²) in [5.41, 5.74) is 1.90. The van der Waals surface area contributed by atoms with E-state index in [4.69, 9.17) is 0 Å². The number of rotatable bonds is 6. The predicted molar refractivity (Wildman–Crippen MR) is 116 cm³/mol. The number of phenols is 1. The molecule has 1 aromatic heterocycles. The van der Waals surface area contributed by atoms with Gasteiger partial charge in [-0.15, -0.1) is 0 Å². The number of aromatic nitrogens is 1. The predicted octanol–water partition coefficient (Wildman–Crippen LogP) is 4.89. The van der Waals surface area contributed by atoms with Crippen LogP contribution in [-0.2, 0) is 6.54 Å². The highest BCUT2D eigenvalue weighted by Gasteiger charge is 2.20. The number of benzene rings is 3. The molecule has 1 heterocycles. The van der Waals surface area contributed by atoms with Gasteiger partial charge in [0.1, 0.15) is 11.3 Å². The van der Waals surface area contributed by atoms with Crippen LogP contribution in [0.2, 0.25) is 0 Å². The van der Waals surface area contributed by atoms with Crippen molar-refractivity contribution in [3.05, 3.63) is 100 Å². The average molecular weight is 415 g/mol. The van der Waals surface area contributed by atoms with Crippen LogP contribution in [0.25, 0.3) is 10.9 Å². The normalized spacial score (nSPS) is 10.7. The van der Waals surface area contributed by atoms with Crippen LogP contribution in [0.3, 0.4) is 0 Å². The summed E-state index contributed by atoms with van der Waals surface area (Å²) < 4.78 is 0. The number of fused-ring (bicyclic) bond motifs is 1. The molecule has 4 rings (SSSR count). The molecule has 0 unspecified atom stereocenters. The van der Waals surface area contributed by atoms with E-state index in [2.05, 4.69) is 4.98 Å². The zero-order chi connectivity index (χ0) is 22.0. The maximum Gasteiger partial charge on any atom is 0.337 e. The van der Waals surface area contributed by atoms with Gasteiger partial charge < -0.3 is 15.1 Å². The fourth-order valence-corrected chi connectivity index (χ4v) is 3.43. The zero-order valence-corrected chi connectivity index (χ0v) is 16.2. The molecule has 3 aromatic carbocycles. The van der Waals surface area contributed by atoms with E-state index in [1.165, 1.54) is 18.2 Å². The number of aromatic carboxylic acids is 1. The smallest absolute Gasteiger partial charge is 0.337 e. The molecule has 2 N–H and O–H groups in total. The summed E-state index contributed by atoms with van der Waals surface area (Å²) >= 11 is 0. The van der Waals surface area contributed by atoms with E-state index in [1.54, 1.807) is 53.6 Å². The fourth-order valence-electron chi connectivity index (χ4n) is 3.43. The summed E-state index contributed by atoms with van der Waals surface area (Å²) in [6.07, 6.45) is 1.58. The average Bonchev–Trinajstić information content (AvgIpc) is 2.79. The van der Waals surface area contributed by atoms with Gasteiger partial charge in [-0.2, -0.15) is 0 Å². The summed E-state index contributed by atoms with van der Waals surface area (Å²) in [4.78, 5) is 28.3. The molecule has 0 amide bonds. The van der Waals surface area contributed by atoms with Crippen LogP contribution in [-0.4, -0.2) is 26.1 Å². The molecule has 0 fully saturated rings. The number of hydrogen-bond acceptors (Lipinski definition) is 6. The first-order valence-corrected chi connectivity index (χ1v) is 9.35. The molecule has 31 heavy (non-hydrogen) atoms. The van der Waals surface area contributed by atoms with Crippen LogP contribution in [0.15, 0.2) is 79.0 Å². The molecular weight excluding hydrogens is 398 g/mol. The van der Waals surface area contributed by atoms with Gasteiger partial charge in [0.2, 0.25) is 0 Å². The van der Waals surface area contributed by atoms with E-state index in [-0.39, 0.29) is 23.5 Å². The summed E-state index contributed by atoms with van der Waals surface area (Å²) in [7, 11) is 0. The Morgan fingerprint density at radius 3 is 2.45 bits per heavy atom. The molecular formula is C23H17N3O5. The van der Waals surface area contributed by atoms with E-state index in [0.717, 1.165) is 5.39 Å². The van der Waals surface area contributed by atoms with Crippen molar-refractivity contribution in [1.29, 1.82) is 0 Å². The molecule has 154 valence electrons. The van der Waals surface area contributed by atoms with Gasteiger partial charge in [-0.1, -0.05) is 30.3 Å².